The lowest BCUT2D eigenvalue weighted by atomic mass is 10.0. The maximum Gasteiger partial charge on any atom is 0.102 e. The minimum atomic E-state index is -0.228. The molecule has 17 heavy (non-hydrogen) atoms. The van der Waals surface area contributed by atoms with Gasteiger partial charge in [-0.15, -0.1) is 11.6 Å². The number of hydrogen-bond donors (Lipinski definition) is 0. The van der Waals surface area contributed by atoms with Gasteiger partial charge in [-0.05, 0) is 34.9 Å². The van der Waals surface area contributed by atoms with E-state index in [1.54, 1.807) is 6.20 Å². The number of rotatable bonds is 0. The largest absolute Gasteiger partial charge is 0.259 e. The smallest absolute Gasteiger partial charge is 0.102 e. The van der Waals surface area contributed by atoms with Crippen molar-refractivity contribution in [3.05, 3.63) is 63.9 Å². The molecule has 0 amide bonds. The van der Waals surface area contributed by atoms with Crippen molar-refractivity contribution in [3.63, 3.8) is 0 Å². The fourth-order valence-electron chi connectivity index (χ4n) is 2.03. The molecule has 1 atom stereocenters. The highest BCUT2D eigenvalue weighted by Gasteiger charge is 2.20. The van der Waals surface area contributed by atoms with Crippen molar-refractivity contribution in [2.75, 3.05) is 0 Å². The molecular formula is C14H9Cl2N. The number of halogens is 2. The molecule has 0 aliphatic heterocycles. The molecule has 1 aliphatic rings. The summed E-state index contributed by atoms with van der Waals surface area (Å²) in [5, 5.41) is 0.490. The van der Waals surface area contributed by atoms with Gasteiger partial charge in [0, 0.05) is 11.2 Å². The molecular weight excluding hydrogens is 253 g/mol. The van der Waals surface area contributed by atoms with Gasteiger partial charge in [0.15, 0.2) is 0 Å². The van der Waals surface area contributed by atoms with E-state index in [2.05, 4.69) is 4.98 Å². The Labute approximate surface area is 110 Å². The van der Waals surface area contributed by atoms with Gasteiger partial charge in [0.05, 0.1) is 5.69 Å². The van der Waals surface area contributed by atoms with E-state index >= 15 is 0 Å². The van der Waals surface area contributed by atoms with E-state index in [4.69, 9.17) is 23.2 Å². The quantitative estimate of drug-likeness (QED) is 0.635. The molecule has 0 N–H and O–H groups in total. The second-order valence-electron chi connectivity index (χ2n) is 3.95. The number of fused-ring (bicyclic) bond motifs is 2. The minimum absolute atomic E-state index is 0.228. The van der Waals surface area contributed by atoms with Gasteiger partial charge in [-0.2, -0.15) is 0 Å². The molecule has 3 heteroatoms. The van der Waals surface area contributed by atoms with E-state index in [-0.39, 0.29) is 5.38 Å². The average molecular weight is 262 g/mol. The van der Waals surface area contributed by atoms with Crippen LogP contribution in [0.3, 0.4) is 0 Å². The Morgan fingerprint density at radius 3 is 2.76 bits per heavy atom. The van der Waals surface area contributed by atoms with Gasteiger partial charge in [0.25, 0.3) is 0 Å². The lowest BCUT2D eigenvalue weighted by molar-refractivity contribution is 1.03. The summed E-state index contributed by atoms with van der Waals surface area (Å²) < 4.78 is 0. The van der Waals surface area contributed by atoms with Gasteiger partial charge >= 0.3 is 0 Å². The Bertz CT molecular complexity index is 605. The normalized spacial score (nSPS) is 17.2. The predicted octanol–water partition coefficient (Wildman–Crippen LogP) is 4.55. The maximum atomic E-state index is 6.49. The highest BCUT2D eigenvalue weighted by atomic mass is 35.5. The van der Waals surface area contributed by atoms with Gasteiger partial charge in [0.2, 0.25) is 0 Å². The number of hydrogen-bond acceptors (Lipinski definition) is 1. The van der Waals surface area contributed by atoms with Crippen LogP contribution in [0.4, 0.5) is 0 Å². The van der Waals surface area contributed by atoms with E-state index in [1.165, 1.54) is 0 Å². The molecule has 1 heterocycles. The highest BCUT2D eigenvalue weighted by Crippen LogP contribution is 2.36. The summed E-state index contributed by atoms with van der Waals surface area (Å²) in [4.78, 5) is 4.37. The van der Waals surface area contributed by atoms with Crippen LogP contribution in [-0.4, -0.2) is 4.98 Å². The van der Waals surface area contributed by atoms with Crippen LogP contribution >= 0.6 is 23.2 Å². The first-order valence-electron chi connectivity index (χ1n) is 5.32. The second-order valence-corrected chi connectivity index (χ2v) is 4.82. The molecule has 0 fully saturated rings. The highest BCUT2D eigenvalue weighted by molar-refractivity contribution is 6.31. The molecule has 1 nitrogen and oxygen atoms in total. The molecule has 1 aliphatic carbocycles. The first-order chi connectivity index (χ1) is 8.25. The van der Waals surface area contributed by atoms with Crippen molar-refractivity contribution in [1.29, 1.82) is 0 Å². The summed E-state index contributed by atoms with van der Waals surface area (Å²) in [5.74, 6) is 0. The van der Waals surface area contributed by atoms with Gasteiger partial charge in [-0.3, -0.25) is 4.98 Å². The van der Waals surface area contributed by atoms with Crippen LogP contribution in [0.1, 0.15) is 27.8 Å². The Kier molecular flexibility index (Phi) is 2.65. The summed E-state index contributed by atoms with van der Waals surface area (Å²) in [5.41, 5.74) is 4.05. The molecule has 3 rings (SSSR count). The third kappa shape index (κ3) is 1.86. The van der Waals surface area contributed by atoms with Gasteiger partial charge in [-0.1, -0.05) is 35.9 Å². The van der Waals surface area contributed by atoms with E-state index < -0.39 is 0 Å². The average Bonchev–Trinajstić information content (AvgIpc) is 2.48. The first kappa shape index (κ1) is 10.8. The topological polar surface area (TPSA) is 12.9 Å². The Morgan fingerprint density at radius 2 is 1.88 bits per heavy atom. The fraction of sp³-hybridized carbons (Fsp3) is 0.0714. The molecule has 0 saturated carbocycles. The minimum Gasteiger partial charge on any atom is -0.259 e. The fourth-order valence-corrected chi connectivity index (χ4v) is 2.59. The molecule has 2 aromatic rings. The van der Waals surface area contributed by atoms with Crippen LogP contribution < -0.4 is 0 Å². The third-order valence-corrected chi connectivity index (χ3v) is 3.55. The van der Waals surface area contributed by atoms with Crippen LogP contribution in [0.15, 0.2) is 36.5 Å². The number of alkyl halides is 1. The van der Waals surface area contributed by atoms with Crippen molar-refractivity contribution >= 4 is 35.4 Å². The lowest BCUT2D eigenvalue weighted by Crippen LogP contribution is -1.99. The standard InChI is InChI=1S/C14H9Cl2N/c15-11-5-6-12-10(8-11)4-3-9-2-1-7-17-14(9)13(12)16/h1-8,13H. The Morgan fingerprint density at radius 1 is 1.06 bits per heavy atom. The van der Waals surface area contributed by atoms with Crippen LogP contribution in [-0.2, 0) is 0 Å². The summed E-state index contributed by atoms with van der Waals surface area (Å²) in [6, 6.07) is 9.67. The zero-order chi connectivity index (χ0) is 11.8. The molecule has 0 bridgehead atoms. The molecule has 0 saturated heterocycles. The van der Waals surface area contributed by atoms with E-state index in [1.807, 2.05) is 42.5 Å². The van der Waals surface area contributed by atoms with Crippen molar-refractivity contribution < 1.29 is 0 Å². The SMILES string of the molecule is Clc1ccc2c(c1)C=Cc1cccnc1C2Cl. The van der Waals surface area contributed by atoms with Crippen molar-refractivity contribution in [2.24, 2.45) is 0 Å². The molecule has 1 aromatic carbocycles. The van der Waals surface area contributed by atoms with Crippen LogP contribution in [0.5, 0.6) is 0 Å². The maximum absolute atomic E-state index is 6.49. The van der Waals surface area contributed by atoms with Gasteiger partial charge in [-0.25, -0.2) is 0 Å². The number of benzene rings is 1. The number of nitrogens with zero attached hydrogens (tertiary/aromatic N) is 1. The summed E-state index contributed by atoms with van der Waals surface area (Å²) in [7, 11) is 0. The molecule has 1 unspecified atom stereocenters. The Hall–Kier alpha value is -1.31. The molecule has 1 aromatic heterocycles. The van der Waals surface area contributed by atoms with Gasteiger partial charge in [0.1, 0.15) is 5.38 Å². The zero-order valence-electron chi connectivity index (χ0n) is 8.90. The van der Waals surface area contributed by atoms with Crippen molar-refractivity contribution in [3.8, 4) is 0 Å². The summed E-state index contributed by atoms with van der Waals surface area (Å²) in [6.07, 6.45) is 5.83. The second kappa shape index (κ2) is 4.17. The van der Waals surface area contributed by atoms with Crippen molar-refractivity contribution in [2.45, 2.75) is 5.38 Å². The van der Waals surface area contributed by atoms with E-state index in [0.29, 0.717) is 0 Å². The Balaban J connectivity index is 2.24. The predicted molar refractivity (Wildman–Crippen MR) is 72.3 cm³/mol. The van der Waals surface area contributed by atoms with E-state index in [0.717, 1.165) is 27.4 Å². The van der Waals surface area contributed by atoms with Crippen LogP contribution in [0, 0.1) is 0 Å². The number of aromatic nitrogens is 1. The molecule has 0 radical (unpaired) electrons. The monoisotopic (exact) mass is 261 g/mol. The van der Waals surface area contributed by atoms with Crippen molar-refractivity contribution in [1.82, 2.24) is 4.98 Å². The number of pyridine rings is 1. The van der Waals surface area contributed by atoms with Crippen LogP contribution in [0.2, 0.25) is 5.02 Å². The summed E-state index contributed by atoms with van der Waals surface area (Å²) in [6.45, 7) is 0. The van der Waals surface area contributed by atoms with E-state index in [9.17, 15) is 0 Å². The third-order valence-electron chi connectivity index (χ3n) is 2.88. The lowest BCUT2D eigenvalue weighted by Gasteiger charge is -2.12. The first-order valence-corrected chi connectivity index (χ1v) is 6.13. The summed E-state index contributed by atoms with van der Waals surface area (Å²) >= 11 is 12.5. The zero-order valence-corrected chi connectivity index (χ0v) is 10.4. The molecule has 84 valence electrons. The molecule has 0 spiro atoms. The van der Waals surface area contributed by atoms with Gasteiger partial charge < -0.3 is 0 Å². The van der Waals surface area contributed by atoms with Crippen LogP contribution in [0.25, 0.3) is 12.2 Å².